The minimum atomic E-state index is -4.25. The van der Waals surface area contributed by atoms with Gasteiger partial charge in [-0.25, -0.2) is 0 Å². The van der Waals surface area contributed by atoms with Gasteiger partial charge in [-0.15, -0.1) is 0 Å². The van der Waals surface area contributed by atoms with Crippen LogP contribution in [-0.4, -0.2) is 80.9 Å². The van der Waals surface area contributed by atoms with Crippen LogP contribution in [0.1, 0.15) is 32.6 Å². The second-order valence-corrected chi connectivity index (χ2v) is 7.51. The van der Waals surface area contributed by atoms with E-state index >= 15 is 0 Å². The van der Waals surface area contributed by atoms with E-state index in [9.17, 15) is 18.0 Å². The number of carbonyl (C=O) groups excluding carboxylic acids is 1. The van der Waals surface area contributed by atoms with Crippen LogP contribution in [0.25, 0.3) is 0 Å². The Kier molecular flexibility index (Phi) is 8.63. The van der Waals surface area contributed by atoms with Gasteiger partial charge in [0.05, 0.1) is 0 Å². The van der Waals surface area contributed by atoms with Crippen LogP contribution in [0, 0.1) is 11.8 Å². The lowest BCUT2D eigenvalue weighted by molar-refractivity contribution is -0.174. The molecule has 1 atom stereocenters. The Morgan fingerprint density at radius 1 is 1.19 bits per heavy atom. The number of rotatable bonds is 8. The topological polar surface area (TPSA) is 44.8 Å². The van der Waals surface area contributed by atoms with E-state index in [1.807, 2.05) is 4.90 Å². The Morgan fingerprint density at radius 2 is 1.85 bits per heavy atom. The molecule has 1 unspecified atom stereocenters. The summed E-state index contributed by atoms with van der Waals surface area (Å²) in [5, 5.41) is 3.36. The van der Waals surface area contributed by atoms with Crippen molar-refractivity contribution in [1.29, 1.82) is 0 Å². The first-order valence-electron chi connectivity index (χ1n) is 9.70. The molecule has 0 saturated carbocycles. The highest BCUT2D eigenvalue weighted by molar-refractivity contribution is 5.76. The molecule has 2 aliphatic heterocycles. The fraction of sp³-hybridized carbons (Fsp3) is 0.944. The summed E-state index contributed by atoms with van der Waals surface area (Å²) in [6.07, 6.45) is -0.749. The maximum absolute atomic E-state index is 12.5. The molecule has 0 bridgehead atoms. The van der Waals surface area contributed by atoms with Crippen molar-refractivity contribution in [2.75, 3.05) is 59.0 Å². The predicted octanol–water partition coefficient (Wildman–Crippen LogP) is 2.13. The Bertz CT molecular complexity index is 420. The maximum atomic E-state index is 12.5. The molecule has 0 spiro atoms. The summed E-state index contributed by atoms with van der Waals surface area (Å²) in [7, 11) is 0. The van der Waals surface area contributed by atoms with Crippen molar-refractivity contribution in [3.05, 3.63) is 0 Å². The second-order valence-electron chi connectivity index (χ2n) is 7.51. The van der Waals surface area contributed by atoms with Gasteiger partial charge in [0.25, 0.3) is 0 Å². The normalized spacial score (nSPS) is 21.8. The van der Waals surface area contributed by atoms with Crippen LogP contribution < -0.4 is 5.32 Å². The molecule has 0 aromatic heterocycles. The van der Waals surface area contributed by atoms with E-state index < -0.39 is 12.8 Å². The first-order chi connectivity index (χ1) is 12.3. The van der Waals surface area contributed by atoms with Crippen molar-refractivity contribution in [3.8, 4) is 0 Å². The second kappa shape index (κ2) is 10.5. The van der Waals surface area contributed by atoms with E-state index in [4.69, 9.17) is 0 Å². The van der Waals surface area contributed by atoms with E-state index in [-0.39, 0.29) is 12.5 Å². The third-order valence-electron chi connectivity index (χ3n) is 5.44. The largest absolute Gasteiger partial charge is 0.411 e. The highest BCUT2D eigenvalue weighted by Gasteiger charge is 2.28. The molecular formula is C18H32F3N3O2. The molecule has 0 radical (unpaired) electrons. The molecule has 2 rings (SSSR count). The fourth-order valence-corrected chi connectivity index (χ4v) is 3.78. The molecule has 8 heteroatoms. The molecule has 152 valence electrons. The lowest BCUT2D eigenvalue weighted by Crippen LogP contribution is -2.49. The number of halogens is 3. The maximum Gasteiger partial charge on any atom is 0.411 e. The van der Waals surface area contributed by atoms with Gasteiger partial charge in [-0.2, -0.15) is 13.2 Å². The zero-order valence-electron chi connectivity index (χ0n) is 15.7. The summed E-state index contributed by atoms with van der Waals surface area (Å²) in [5.41, 5.74) is 0. The van der Waals surface area contributed by atoms with Gasteiger partial charge in [-0.3, -0.25) is 9.69 Å². The molecule has 2 aliphatic rings. The Morgan fingerprint density at radius 3 is 2.46 bits per heavy atom. The van der Waals surface area contributed by atoms with E-state index in [1.54, 1.807) is 0 Å². The van der Waals surface area contributed by atoms with Crippen LogP contribution in [-0.2, 0) is 9.53 Å². The number of alkyl halides is 3. The van der Waals surface area contributed by atoms with Gasteiger partial charge in [0.2, 0.25) is 5.91 Å². The predicted molar refractivity (Wildman–Crippen MR) is 93.9 cm³/mol. The number of piperidine rings is 1. The first kappa shape index (κ1) is 21.4. The quantitative estimate of drug-likeness (QED) is 0.657. The van der Waals surface area contributed by atoms with Crippen molar-refractivity contribution in [3.63, 3.8) is 0 Å². The van der Waals surface area contributed by atoms with E-state index in [1.165, 1.54) is 0 Å². The number of carbonyl (C=O) groups is 1. The molecule has 1 N–H and O–H groups in total. The van der Waals surface area contributed by atoms with Crippen LogP contribution in [0.4, 0.5) is 13.2 Å². The molecule has 1 amide bonds. The van der Waals surface area contributed by atoms with Gasteiger partial charge >= 0.3 is 6.18 Å². The monoisotopic (exact) mass is 379 g/mol. The smallest absolute Gasteiger partial charge is 0.372 e. The summed E-state index contributed by atoms with van der Waals surface area (Å²) in [4.78, 5) is 16.6. The number of amides is 1. The average Bonchev–Trinajstić information content (AvgIpc) is 2.61. The molecule has 2 fully saturated rings. The van der Waals surface area contributed by atoms with Crippen LogP contribution in [0.15, 0.2) is 0 Å². The molecule has 5 nitrogen and oxygen atoms in total. The zero-order chi connectivity index (χ0) is 19.0. The number of hydrogen-bond acceptors (Lipinski definition) is 4. The number of hydrogen-bond donors (Lipinski definition) is 1. The summed E-state index contributed by atoms with van der Waals surface area (Å²) in [6.45, 7) is 6.93. The highest BCUT2D eigenvalue weighted by Crippen LogP contribution is 2.25. The van der Waals surface area contributed by atoms with Crippen LogP contribution in [0.5, 0.6) is 0 Å². The summed E-state index contributed by atoms with van der Waals surface area (Å²) < 4.78 is 40.6. The average molecular weight is 379 g/mol. The van der Waals surface area contributed by atoms with E-state index in [0.717, 1.165) is 39.0 Å². The SMILES string of the molecule is CC(CC(=O)N1CCN(CCCOCC(F)(F)F)CC1)C1CCNCC1. The third-order valence-corrected chi connectivity index (χ3v) is 5.44. The van der Waals surface area contributed by atoms with Crippen molar-refractivity contribution >= 4 is 5.91 Å². The van der Waals surface area contributed by atoms with Crippen LogP contribution in [0.3, 0.4) is 0 Å². The molecule has 0 aliphatic carbocycles. The molecule has 2 saturated heterocycles. The van der Waals surface area contributed by atoms with Crippen molar-refractivity contribution in [2.45, 2.75) is 38.8 Å². The summed E-state index contributed by atoms with van der Waals surface area (Å²) in [5.74, 6) is 1.30. The molecule has 0 aromatic carbocycles. The molecular weight excluding hydrogens is 347 g/mol. The van der Waals surface area contributed by atoms with Gasteiger partial charge < -0.3 is 15.0 Å². The number of ether oxygens (including phenoxy) is 1. The lowest BCUT2D eigenvalue weighted by atomic mass is 9.84. The van der Waals surface area contributed by atoms with E-state index in [0.29, 0.717) is 44.3 Å². The third kappa shape index (κ3) is 7.80. The van der Waals surface area contributed by atoms with Crippen molar-refractivity contribution in [1.82, 2.24) is 15.1 Å². The Labute approximate surface area is 154 Å². The van der Waals surface area contributed by atoms with Gasteiger partial charge in [0, 0.05) is 45.8 Å². The first-order valence-corrected chi connectivity index (χ1v) is 9.70. The fourth-order valence-electron chi connectivity index (χ4n) is 3.78. The Hall–Kier alpha value is -0.860. The zero-order valence-corrected chi connectivity index (χ0v) is 15.7. The van der Waals surface area contributed by atoms with Gasteiger partial charge in [-0.1, -0.05) is 6.92 Å². The summed E-state index contributed by atoms with van der Waals surface area (Å²) >= 11 is 0. The molecule has 0 aromatic rings. The minimum Gasteiger partial charge on any atom is -0.372 e. The van der Waals surface area contributed by atoms with Crippen LogP contribution >= 0.6 is 0 Å². The van der Waals surface area contributed by atoms with Gasteiger partial charge in [0.1, 0.15) is 6.61 Å². The van der Waals surface area contributed by atoms with Gasteiger partial charge in [0.15, 0.2) is 0 Å². The highest BCUT2D eigenvalue weighted by atomic mass is 19.4. The molecule has 26 heavy (non-hydrogen) atoms. The molecule has 2 heterocycles. The van der Waals surface area contributed by atoms with Crippen LogP contribution in [0.2, 0.25) is 0 Å². The van der Waals surface area contributed by atoms with Crippen molar-refractivity contribution < 1.29 is 22.7 Å². The number of nitrogens with one attached hydrogen (secondary N) is 1. The number of piperazine rings is 1. The Balaban J connectivity index is 1.57. The minimum absolute atomic E-state index is 0.117. The lowest BCUT2D eigenvalue weighted by Gasteiger charge is -2.36. The standard InChI is InChI=1S/C18H32F3N3O2/c1-15(16-3-5-22-6-4-16)13-17(25)24-10-8-23(9-11-24)7-2-12-26-14-18(19,20)21/h15-16,22H,2-14H2,1H3. The summed E-state index contributed by atoms with van der Waals surface area (Å²) in [6, 6.07) is 0. The van der Waals surface area contributed by atoms with Crippen molar-refractivity contribution in [2.24, 2.45) is 11.8 Å². The number of nitrogens with zero attached hydrogens (tertiary/aromatic N) is 2. The van der Waals surface area contributed by atoms with E-state index in [2.05, 4.69) is 21.9 Å². The van der Waals surface area contributed by atoms with Gasteiger partial charge in [-0.05, 0) is 44.2 Å².